The maximum atomic E-state index is 11.8. The van der Waals surface area contributed by atoms with Gasteiger partial charge in [-0.05, 0) is 31.2 Å². The summed E-state index contributed by atoms with van der Waals surface area (Å²) < 4.78 is 15.8. The standard InChI is InChI=1S/C17H20N2O5/c1-2-22-13-6-3-4-7-14(13)24-12-16(20)18-9-10-19-17(21)15-8-5-11-23-15/h3-8,11H,2,9-10,12H2,1H3,(H,18,20)(H,19,21). The van der Waals surface area contributed by atoms with Crippen molar-refractivity contribution in [3.05, 3.63) is 48.4 Å². The SMILES string of the molecule is CCOc1ccccc1OCC(=O)NCCNC(=O)c1ccco1. The van der Waals surface area contributed by atoms with Crippen molar-refractivity contribution in [2.45, 2.75) is 6.92 Å². The molecule has 128 valence electrons. The first-order chi connectivity index (χ1) is 11.7. The van der Waals surface area contributed by atoms with Crippen LogP contribution in [-0.2, 0) is 4.79 Å². The van der Waals surface area contributed by atoms with E-state index in [2.05, 4.69) is 10.6 Å². The first-order valence-electron chi connectivity index (χ1n) is 7.63. The number of carbonyl (C=O) groups is 2. The predicted octanol–water partition coefficient (Wildman–Crippen LogP) is 1.60. The first-order valence-corrected chi connectivity index (χ1v) is 7.63. The number of benzene rings is 1. The van der Waals surface area contributed by atoms with Crippen LogP contribution >= 0.6 is 0 Å². The zero-order valence-corrected chi connectivity index (χ0v) is 13.4. The summed E-state index contributed by atoms with van der Waals surface area (Å²) in [6.45, 7) is 2.85. The molecule has 0 aliphatic rings. The van der Waals surface area contributed by atoms with Crippen LogP contribution < -0.4 is 20.1 Å². The molecule has 7 nitrogen and oxygen atoms in total. The molecule has 0 bridgehead atoms. The lowest BCUT2D eigenvalue weighted by molar-refractivity contribution is -0.123. The van der Waals surface area contributed by atoms with E-state index < -0.39 is 0 Å². The average Bonchev–Trinajstić information content (AvgIpc) is 3.13. The van der Waals surface area contributed by atoms with Crippen molar-refractivity contribution in [3.8, 4) is 11.5 Å². The average molecular weight is 332 g/mol. The molecule has 2 N–H and O–H groups in total. The van der Waals surface area contributed by atoms with Gasteiger partial charge in [0.05, 0.1) is 12.9 Å². The third-order valence-electron chi connectivity index (χ3n) is 2.99. The van der Waals surface area contributed by atoms with Crippen LogP contribution in [-0.4, -0.2) is 38.1 Å². The van der Waals surface area contributed by atoms with E-state index in [4.69, 9.17) is 13.9 Å². The van der Waals surface area contributed by atoms with E-state index in [9.17, 15) is 9.59 Å². The van der Waals surface area contributed by atoms with Gasteiger partial charge in [-0.25, -0.2) is 0 Å². The van der Waals surface area contributed by atoms with Crippen molar-refractivity contribution in [2.24, 2.45) is 0 Å². The summed E-state index contributed by atoms with van der Waals surface area (Å²) >= 11 is 0. The molecule has 0 saturated carbocycles. The highest BCUT2D eigenvalue weighted by Crippen LogP contribution is 2.26. The van der Waals surface area contributed by atoms with Gasteiger partial charge in [-0.3, -0.25) is 9.59 Å². The van der Waals surface area contributed by atoms with Gasteiger partial charge in [0.15, 0.2) is 23.9 Å². The maximum Gasteiger partial charge on any atom is 0.287 e. The van der Waals surface area contributed by atoms with Crippen molar-refractivity contribution in [2.75, 3.05) is 26.3 Å². The number of ether oxygens (including phenoxy) is 2. The molecule has 7 heteroatoms. The minimum atomic E-state index is -0.323. The number of hydrogen-bond donors (Lipinski definition) is 2. The Bertz CT molecular complexity index is 655. The minimum absolute atomic E-state index is 0.129. The van der Waals surface area contributed by atoms with E-state index in [1.807, 2.05) is 13.0 Å². The van der Waals surface area contributed by atoms with Crippen molar-refractivity contribution >= 4 is 11.8 Å². The molecule has 2 aromatic rings. The molecule has 0 unspecified atom stereocenters. The summed E-state index contributed by atoms with van der Waals surface area (Å²) in [7, 11) is 0. The van der Waals surface area contributed by atoms with Crippen LogP contribution in [0.15, 0.2) is 47.1 Å². The number of carbonyl (C=O) groups excluding carboxylic acids is 2. The number of hydrogen-bond acceptors (Lipinski definition) is 5. The van der Waals surface area contributed by atoms with E-state index in [1.165, 1.54) is 6.26 Å². The van der Waals surface area contributed by atoms with Crippen molar-refractivity contribution in [3.63, 3.8) is 0 Å². The molecule has 2 amide bonds. The van der Waals surface area contributed by atoms with E-state index in [0.717, 1.165) is 0 Å². The Balaban J connectivity index is 1.66. The highest BCUT2D eigenvalue weighted by atomic mass is 16.5. The second kappa shape index (κ2) is 9.24. The van der Waals surface area contributed by atoms with E-state index in [1.54, 1.807) is 30.3 Å². The van der Waals surface area contributed by atoms with Gasteiger partial charge >= 0.3 is 0 Å². The largest absolute Gasteiger partial charge is 0.490 e. The number of amides is 2. The fourth-order valence-corrected chi connectivity index (χ4v) is 1.91. The quantitative estimate of drug-likeness (QED) is 0.681. The van der Waals surface area contributed by atoms with Crippen molar-refractivity contribution in [1.29, 1.82) is 0 Å². The fraction of sp³-hybridized carbons (Fsp3) is 0.294. The highest BCUT2D eigenvalue weighted by molar-refractivity contribution is 5.91. The van der Waals surface area contributed by atoms with E-state index in [-0.39, 0.29) is 24.2 Å². The van der Waals surface area contributed by atoms with Gasteiger partial charge in [0, 0.05) is 13.1 Å². The highest BCUT2D eigenvalue weighted by Gasteiger charge is 2.09. The predicted molar refractivity (Wildman–Crippen MR) is 87.2 cm³/mol. The number of nitrogens with one attached hydrogen (secondary N) is 2. The summed E-state index contributed by atoms with van der Waals surface area (Å²) in [5.74, 6) is 0.737. The Kier molecular flexibility index (Phi) is 6.70. The molecule has 0 saturated heterocycles. The van der Waals surface area contributed by atoms with Crippen LogP contribution in [0.25, 0.3) is 0 Å². The molecular formula is C17H20N2O5. The molecular weight excluding hydrogens is 312 g/mol. The Morgan fingerprint density at radius 1 is 1.00 bits per heavy atom. The first kappa shape index (κ1) is 17.4. The van der Waals surface area contributed by atoms with Gasteiger partial charge in [0.1, 0.15) is 0 Å². The van der Waals surface area contributed by atoms with Gasteiger partial charge in [0.25, 0.3) is 11.8 Å². The smallest absolute Gasteiger partial charge is 0.287 e. The molecule has 1 aromatic heterocycles. The van der Waals surface area contributed by atoms with E-state index in [0.29, 0.717) is 31.2 Å². The molecule has 0 aliphatic carbocycles. The topological polar surface area (TPSA) is 89.8 Å². The number of para-hydroxylation sites is 2. The molecule has 0 aliphatic heterocycles. The molecule has 0 spiro atoms. The third kappa shape index (κ3) is 5.35. The second-order valence-electron chi connectivity index (χ2n) is 4.75. The normalized spacial score (nSPS) is 10.0. The van der Waals surface area contributed by atoms with Gasteiger partial charge in [-0.2, -0.15) is 0 Å². The molecule has 1 aromatic carbocycles. The molecule has 1 heterocycles. The van der Waals surface area contributed by atoms with Crippen LogP contribution in [0.3, 0.4) is 0 Å². The van der Waals surface area contributed by atoms with Crippen molar-refractivity contribution in [1.82, 2.24) is 10.6 Å². The summed E-state index contributed by atoms with van der Waals surface area (Å²) in [5, 5.41) is 5.29. The summed E-state index contributed by atoms with van der Waals surface area (Å²) in [5.41, 5.74) is 0. The third-order valence-corrected chi connectivity index (χ3v) is 2.99. The van der Waals surface area contributed by atoms with Crippen LogP contribution in [0.1, 0.15) is 17.5 Å². The Morgan fingerprint density at radius 3 is 2.38 bits per heavy atom. The van der Waals surface area contributed by atoms with Crippen LogP contribution in [0.4, 0.5) is 0 Å². The van der Waals surface area contributed by atoms with Gasteiger partial charge in [0.2, 0.25) is 0 Å². The molecule has 0 fully saturated rings. The van der Waals surface area contributed by atoms with Crippen LogP contribution in [0.2, 0.25) is 0 Å². The van der Waals surface area contributed by atoms with Crippen LogP contribution in [0.5, 0.6) is 11.5 Å². The monoisotopic (exact) mass is 332 g/mol. The summed E-state index contributed by atoms with van der Waals surface area (Å²) in [6, 6.07) is 10.4. The maximum absolute atomic E-state index is 11.8. The van der Waals surface area contributed by atoms with Gasteiger partial charge < -0.3 is 24.5 Å². The minimum Gasteiger partial charge on any atom is -0.490 e. The van der Waals surface area contributed by atoms with Gasteiger partial charge in [-0.15, -0.1) is 0 Å². The second-order valence-corrected chi connectivity index (χ2v) is 4.75. The Labute approximate surface area is 139 Å². The lowest BCUT2D eigenvalue weighted by atomic mass is 10.3. The molecule has 2 rings (SSSR count). The summed E-state index contributed by atoms with van der Waals surface area (Å²) in [6.07, 6.45) is 1.42. The zero-order valence-electron chi connectivity index (χ0n) is 13.4. The Morgan fingerprint density at radius 2 is 1.71 bits per heavy atom. The van der Waals surface area contributed by atoms with Crippen LogP contribution in [0, 0.1) is 0 Å². The fourth-order valence-electron chi connectivity index (χ4n) is 1.91. The molecule has 0 radical (unpaired) electrons. The lowest BCUT2D eigenvalue weighted by Crippen LogP contribution is -2.36. The lowest BCUT2D eigenvalue weighted by Gasteiger charge is -2.11. The zero-order chi connectivity index (χ0) is 17.2. The number of rotatable bonds is 9. The van der Waals surface area contributed by atoms with E-state index >= 15 is 0 Å². The van der Waals surface area contributed by atoms with Crippen molar-refractivity contribution < 1.29 is 23.5 Å². The van der Waals surface area contributed by atoms with Gasteiger partial charge in [-0.1, -0.05) is 12.1 Å². The molecule has 24 heavy (non-hydrogen) atoms. The summed E-state index contributed by atoms with van der Waals surface area (Å²) in [4.78, 5) is 23.4. The molecule has 0 atom stereocenters. The Hall–Kier alpha value is -2.96. The number of furan rings is 1.